The number of rotatable bonds is 6. The highest BCUT2D eigenvalue weighted by molar-refractivity contribution is 5.88. The Morgan fingerprint density at radius 1 is 1.38 bits per heavy atom. The highest BCUT2D eigenvalue weighted by Gasteiger charge is 2.46. The van der Waals surface area contributed by atoms with Crippen LogP contribution in [0.5, 0.6) is 5.75 Å². The molecule has 3 rings (SSSR count). The molecular formula is C16H23ClN2O2. The van der Waals surface area contributed by atoms with Crippen molar-refractivity contribution in [3.8, 4) is 5.75 Å². The first kappa shape index (κ1) is 16.1. The number of hydrogen-bond acceptors (Lipinski definition) is 3. The Balaban J connectivity index is 0.00000161. The van der Waals surface area contributed by atoms with E-state index in [0.717, 1.165) is 43.0 Å². The van der Waals surface area contributed by atoms with Gasteiger partial charge in [-0.05, 0) is 56.0 Å². The fourth-order valence-corrected chi connectivity index (χ4v) is 3.06. The van der Waals surface area contributed by atoms with E-state index in [2.05, 4.69) is 10.2 Å². The molecule has 5 heteroatoms. The largest absolute Gasteiger partial charge is 0.494 e. The lowest BCUT2D eigenvalue weighted by Crippen LogP contribution is -2.25. The molecule has 1 amide bonds. The first-order valence-electron chi connectivity index (χ1n) is 7.47. The zero-order valence-electron chi connectivity index (χ0n) is 12.4. The minimum atomic E-state index is -0.0531. The minimum absolute atomic E-state index is 0. The second-order valence-corrected chi connectivity index (χ2v) is 5.80. The van der Waals surface area contributed by atoms with Crippen LogP contribution in [0.3, 0.4) is 0 Å². The number of benzene rings is 1. The maximum absolute atomic E-state index is 10.9. The van der Waals surface area contributed by atoms with Crippen molar-refractivity contribution in [3.63, 3.8) is 0 Å². The lowest BCUT2D eigenvalue weighted by Gasteiger charge is -2.17. The average Bonchev–Trinajstić information content (AvgIpc) is 3.10. The van der Waals surface area contributed by atoms with Crippen LogP contribution in [-0.2, 0) is 4.79 Å². The summed E-state index contributed by atoms with van der Waals surface area (Å²) in [7, 11) is 0. The quantitative estimate of drug-likeness (QED) is 0.821. The van der Waals surface area contributed by atoms with Crippen LogP contribution in [0.15, 0.2) is 24.3 Å². The van der Waals surface area contributed by atoms with Crippen LogP contribution in [0.1, 0.15) is 26.2 Å². The Labute approximate surface area is 132 Å². The normalized spacial score (nSPS) is 23.1. The number of ether oxygens (including phenoxy) is 1. The maximum atomic E-state index is 10.9. The number of carbonyl (C=O) groups is 1. The van der Waals surface area contributed by atoms with E-state index < -0.39 is 0 Å². The zero-order chi connectivity index (χ0) is 13.9. The van der Waals surface area contributed by atoms with Gasteiger partial charge >= 0.3 is 0 Å². The number of nitrogens with one attached hydrogen (secondary N) is 1. The topological polar surface area (TPSA) is 41.6 Å². The Hall–Kier alpha value is -1.26. The van der Waals surface area contributed by atoms with Crippen molar-refractivity contribution in [1.82, 2.24) is 4.90 Å². The molecule has 1 aromatic carbocycles. The number of amides is 1. The summed E-state index contributed by atoms with van der Waals surface area (Å²) < 4.78 is 5.74. The van der Waals surface area contributed by atoms with Crippen molar-refractivity contribution in [2.45, 2.75) is 32.2 Å². The predicted molar refractivity (Wildman–Crippen MR) is 86.2 cm³/mol. The van der Waals surface area contributed by atoms with Gasteiger partial charge in [0.15, 0.2) is 0 Å². The van der Waals surface area contributed by atoms with Crippen LogP contribution in [-0.4, -0.2) is 36.5 Å². The number of piperidine rings is 1. The number of hydrogen-bond donors (Lipinski definition) is 1. The first-order valence-corrected chi connectivity index (χ1v) is 7.47. The van der Waals surface area contributed by atoms with Gasteiger partial charge in [0.2, 0.25) is 5.91 Å². The molecule has 1 saturated heterocycles. The number of anilines is 1. The maximum Gasteiger partial charge on any atom is 0.221 e. The highest BCUT2D eigenvalue weighted by atomic mass is 35.5. The van der Waals surface area contributed by atoms with Crippen molar-refractivity contribution in [2.24, 2.45) is 5.92 Å². The molecule has 21 heavy (non-hydrogen) atoms. The summed E-state index contributed by atoms with van der Waals surface area (Å²) >= 11 is 0. The third-order valence-electron chi connectivity index (χ3n) is 4.17. The third-order valence-corrected chi connectivity index (χ3v) is 4.17. The molecule has 1 N–H and O–H groups in total. The lowest BCUT2D eigenvalue weighted by atomic mass is 10.3. The van der Waals surface area contributed by atoms with Crippen LogP contribution >= 0.6 is 12.4 Å². The SMILES string of the molecule is CC(=O)Nc1ccc(OCCCN2CC[C@H]3C[C@H]32)cc1.Cl. The first-order chi connectivity index (χ1) is 9.72. The van der Waals surface area contributed by atoms with Gasteiger partial charge in [-0.25, -0.2) is 0 Å². The van der Waals surface area contributed by atoms with Crippen LogP contribution in [0, 0.1) is 5.92 Å². The molecule has 1 saturated carbocycles. The van der Waals surface area contributed by atoms with Gasteiger partial charge in [-0.3, -0.25) is 9.69 Å². The average molecular weight is 311 g/mol. The molecule has 0 spiro atoms. The van der Waals surface area contributed by atoms with Crippen LogP contribution in [0.4, 0.5) is 5.69 Å². The summed E-state index contributed by atoms with van der Waals surface area (Å²) in [6.07, 6.45) is 3.90. The molecule has 1 heterocycles. The Kier molecular flexibility index (Phi) is 5.48. The van der Waals surface area contributed by atoms with Gasteiger partial charge in [-0.2, -0.15) is 0 Å². The molecule has 116 valence electrons. The zero-order valence-corrected chi connectivity index (χ0v) is 13.2. The Bertz CT molecular complexity index is 478. The second-order valence-electron chi connectivity index (χ2n) is 5.80. The van der Waals surface area contributed by atoms with E-state index in [4.69, 9.17) is 4.74 Å². The van der Waals surface area contributed by atoms with Gasteiger partial charge in [-0.1, -0.05) is 0 Å². The van der Waals surface area contributed by atoms with Gasteiger partial charge in [-0.15, -0.1) is 12.4 Å². The smallest absolute Gasteiger partial charge is 0.221 e. The molecule has 1 aliphatic carbocycles. The molecular weight excluding hydrogens is 288 g/mol. The second kappa shape index (κ2) is 7.14. The number of nitrogens with zero attached hydrogens (tertiary/aromatic N) is 1. The fraction of sp³-hybridized carbons (Fsp3) is 0.562. The summed E-state index contributed by atoms with van der Waals surface area (Å²) in [6, 6.07) is 8.43. The monoisotopic (exact) mass is 310 g/mol. The van der Waals surface area contributed by atoms with Crippen molar-refractivity contribution >= 4 is 24.0 Å². The van der Waals surface area contributed by atoms with E-state index >= 15 is 0 Å². The molecule has 0 bridgehead atoms. The molecule has 0 radical (unpaired) electrons. The minimum Gasteiger partial charge on any atom is -0.494 e. The summed E-state index contributed by atoms with van der Waals surface area (Å²) in [5.74, 6) is 1.82. The summed E-state index contributed by atoms with van der Waals surface area (Å²) in [4.78, 5) is 13.5. The standard InChI is InChI=1S/C16H22N2O2.ClH/c1-12(19)17-14-3-5-15(6-4-14)20-10-2-8-18-9-7-13-11-16(13)18;/h3-6,13,16H,2,7-11H2,1H3,(H,17,19);1H/t13-,16+;/m0./s1. The van der Waals surface area contributed by atoms with E-state index in [1.54, 1.807) is 0 Å². The van der Waals surface area contributed by atoms with E-state index in [0.29, 0.717) is 0 Å². The van der Waals surface area contributed by atoms with Crippen molar-refractivity contribution < 1.29 is 9.53 Å². The number of fused-ring (bicyclic) bond motifs is 1. The van der Waals surface area contributed by atoms with Gasteiger partial charge < -0.3 is 10.1 Å². The molecule has 2 atom stereocenters. The molecule has 2 fully saturated rings. The van der Waals surface area contributed by atoms with Gasteiger partial charge in [0, 0.05) is 25.2 Å². The van der Waals surface area contributed by atoms with Gasteiger partial charge in [0.05, 0.1) is 6.61 Å². The van der Waals surface area contributed by atoms with Crippen molar-refractivity contribution in [3.05, 3.63) is 24.3 Å². The molecule has 1 aromatic rings. The molecule has 1 aliphatic heterocycles. The highest BCUT2D eigenvalue weighted by Crippen LogP contribution is 2.44. The van der Waals surface area contributed by atoms with E-state index in [1.807, 2.05) is 24.3 Å². The van der Waals surface area contributed by atoms with Gasteiger partial charge in [0.25, 0.3) is 0 Å². The fourth-order valence-electron chi connectivity index (χ4n) is 3.06. The summed E-state index contributed by atoms with van der Waals surface area (Å²) in [6.45, 7) is 4.70. The predicted octanol–water partition coefficient (Wildman–Crippen LogP) is 2.93. The number of likely N-dealkylation sites (tertiary alicyclic amines) is 1. The Morgan fingerprint density at radius 2 is 2.14 bits per heavy atom. The third kappa shape index (κ3) is 4.35. The summed E-state index contributed by atoms with van der Waals surface area (Å²) in [5, 5.41) is 2.74. The van der Waals surface area contributed by atoms with E-state index in [9.17, 15) is 4.79 Å². The van der Waals surface area contributed by atoms with Crippen molar-refractivity contribution in [2.75, 3.05) is 25.0 Å². The Morgan fingerprint density at radius 3 is 2.71 bits per heavy atom. The van der Waals surface area contributed by atoms with Crippen LogP contribution < -0.4 is 10.1 Å². The van der Waals surface area contributed by atoms with Crippen LogP contribution in [0.25, 0.3) is 0 Å². The number of halogens is 1. The van der Waals surface area contributed by atoms with Crippen molar-refractivity contribution in [1.29, 1.82) is 0 Å². The molecule has 0 unspecified atom stereocenters. The van der Waals surface area contributed by atoms with E-state index in [1.165, 1.54) is 26.3 Å². The molecule has 0 aromatic heterocycles. The molecule has 4 nitrogen and oxygen atoms in total. The summed E-state index contributed by atoms with van der Waals surface area (Å²) in [5.41, 5.74) is 0.807. The van der Waals surface area contributed by atoms with E-state index in [-0.39, 0.29) is 18.3 Å². The number of carbonyl (C=O) groups excluding carboxylic acids is 1. The van der Waals surface area contributed by atoms with Crippen LogP contribution in [0.2, 0.25) is 0 Å². The van der Waals surface area contributed by atoms with Gasteiger partial charge in [0.1, 0.15) is 5.75 Å². The lowest BCUT2D eigenvalue weighted by molar-refractivity contribution is -0.114. The molecule has 2 aliphatic rings.